The first-order chi connectivity index (χ1) is 17.4. The van der Waals surface area contributed by atoms with E-state index in [9.17, 15) is 14.4 Å². The molecule has 0 bridgehead atoms. The third-order valence-corrected chi connectivity index (χ3v) is 6.92. The smallest absolute Gasteiger partial charge is 0.408 e. The molecule has 37 heavy (non-hydrogen) atoms. The van der Waals surface area contributed by atoms with Crippen LogP contribution >= 0.6 is 0 Å². The zero-order valence-corrected chi connectivity index (χ0v) is 22.4. The Hall–Kier alpha value is -3.39. The van der Waals surface area contributed by atoms with Crippen molar-refractivity contribution >= 4 is 18.0 Å². The lowest BCUT2D eigenvalue weighted by molar-refractivity contribution is -0.178. The molecule has 2 aromatic carbocycles. The molecule has 0 unspecified atom stereocenters. The fraction of sp³-hybridized carbons (Fsp3) is 0.483. The molecule has 4 rings (SSSR count). The number of amides is 2. The molecule has 2 amide bonds. The van der Waals surface area contributed by atoms with Gasteiger partial charge in [0.1, 0.15) is 18.2 Å². The summed E-state index contributed by atoms with van der Waals surface area (Å²) in [5, 5.41) is 6.32. The molecule has 0 aromatic heterocycles. The van der Waals surface area contributed by atoms with Crippen molar-refractivity contribution in [2.75, 3.05) is 0 Å². The van der Waals surface area contributed by atoms with E-state index in [1.165, 1.54) is 5.01 Å². The van der Waals surface area contributed by atoms with Crippen LogP contribution in [0, 0.1) is 5.92 Å². The van der Waals surface area contributed by atoms with Crippen molar-refractivity contribution in [3.05, 3.63) is 71.8 Å². The third kappa shape index (κ3) is 5.34. The Morgan fingerprint density at radius 2 is 1.65 bits per heavy atom. The third-order valence-electron chi connectivity index (χ3n) is 6.92. The molecule has 0 radical (unpaired) electrons. The second-order valence-corrected chi connectivity index (χ2v) is 11.4. The van der Waals surface area contributed by atoms with Crippen LogP contribution in [0.4, 0.5) is 4.79 Å². The molecule has 2 aromatic rings. The van der Waals surface area contributed by atoms with Crippen molar-refractivity contribution < 1.29 is 23.9 Å². The molecule has 2 fully saturated rings. The van der Waals surface area contributed by atoms with Crippen LogP contribution in [-0.4, -0.2) is 51.2 Å². The van der Waals surface area contributed by atoms with Crippen molar-refractivity contribution in [2.45, 2.75) is 83.8 Å². The molecule has 4 atom stereocenters. The van der Waals surface area contributed by atoms with E-state index in [-0.39, 0.29) is 30.5 Å². The monoisotopic (exact) mass is 507 g/mol. The first kappa shape index (κ1) is 26.7. The van der Waals surface area contributed by atoms with Gasteiger partial charge in [0.15, 0.2) is 5.54 Å². The van der Waals surface area contributed by atoms with Crippen LogP contribution in [0.2, 0.25) is 0 Å². The predicted molar refractivity (Wildman–Crippen MR) is 139 cm³/mol. The van der Waals surface area contributed by atoms with Crippen LogP contribution in [0.5, 0.6) is 0 Å². The van der Waals surface area contributed by atoms with Crippen molar-refractivity contribution in [1.29, 1.82) is 0 Å². The molecular weight excluding hydrogens is 470 g/mol. The topological polar surface area (TPSA) is 88.2 Å². The van der Waals surface area contributed by atoms with Gasteiger partial charge in [-0.2, -0.15) is 0 Å². The fourth-order valence-corrected chi connectivity index (χ4v) is 5.31. The molecule has 8 nitrogen and oxygen atoms in total. The van der Waals surface area contributed by atoms with Crippen molar-refractivity contribution in [2.24, 2.45) is 5.92 Å². The van der Waals surface area contributed by atoms with Gasteiger partial charge in [-0.1, -0.05) is 74.5 Å². The number of rotatable bonds is 6. The lowest BCUT2D eigenvalue weighted by Crippen LogP contribution is -2.55. The van der Waals surface area contributed by atoms with Gasteiger partial charge < -0.3 is 14.8 Å². The molecule has 0 saturated carbocycles. The van der Waals surface area contributed by atoms with Crippen LogP contribution in [-0.2, 0) is 25.7 Å². The van der Waals surface area contributed by atoms with Gasteiger partial charge in [-0.3, -0.25) is 9.80 Å². The van der Waals surface area contributed by atoms with Gasteiger partial charge in [-0.05, 0) is 44.7 Å². The first-order valence-electron chi connectivity index (χ1n) is 12.8. The fourth-order valence-electron chi connectivity index (χ4n) is 5.31. The van der Waals surface area contributed by atoms with Gasteiger partial charge >= 0.3 is 12.1 Å². The van der Waals surface area contributed by atoms with Crippen LogP contribution < -0.4 is 5.32 Å². The number of hydrogen-bond acceptors (Lipinski definition) is 6. The lowest BCUT2D eigenvalue weighted by Gasteiger charge is -2.37. The molecule has 2 saturated heterocycles. The van der Waals surface area contributed by atoms with Gasteiger partial charge in [0.25, 0.3) is 5.91 Å². The summed E-state index contributed by atoms with van der Waals surface area (Å²) in [7, 11) is 0. The maximum Gasteiger partial charge on any atom is 0.408 e. The average molecular weight is 508 g/mol. The van der Waals surface area contributed by atoms with E-state index in [1.807, 2.05) is 100 Å². The first-order valence-corrected chi connectivity index (χ1v) is 12.8. The summed E-state index contributed by atoms with van der Waals surface area (Å²) in [6, 6.07) is 17.7. The standard InChI is InChI=1S/C29H37N3O5/c1-19(2)24-23(30-27(35)36-18-20-13-9-7-10-14-20)25(33)32-29(6,26(34)37-28(3,4)5)17-22(31(24)32)21-15-11-8-12-16-21/h7-16,19,22-24H,17-18H2,1-6H3,(H,30,35)/t22-,23-,24-,29-/m1/s1. The number of carbonyl (C=O) groups excluding carboxylic acids is 3. The van der Waals surface area contributed by atoms with E-state index in [2.05, 4.69) is 5.32 Å². The minimum atomic E-state index is -1.23. The summed E-state index contributed by atoms with van der Waals surface area (Å²) in [6.07, 6.45) is -0.294. The zero-order valence-electron chi connectivity index (χ0n) is 22.4. The summed E-state index contributed by atoms with van der Waals surface area (Å²) in [5.74, 6) is -0.825. The van der Waals surface area contributed by atoms with E-state index in [0.717, 1.165) is 11.1 Å². The normalized spacial score (nSPS) is 25.8. The van der Waals surface area contributed by atoms with Crippen molar-refractivity contribution in [3.8, 4) is 0 Å². The van der Waals surface area contributed by atoms with Crippen LogP contribution in [0.1, 0.15) is 65.1 Å². The van der Waals surface area contributed by atoms with Crippen molar-refractivity contribution in [3.63, 3.8) is 0 Å². The van der Waals surface area contributed by atoms with Crippen molar-refractivity contribution in [1.82, 2.24) is 15.3 Å². The minimum absolute atomic E-state index is 0.0134. The number of nitrogens with one attached hydrogen (secondary N) is 1. The van der Waals surface area contributed by atoms with E-state index >= 15 is 0 Å². The highest BCUT2D eigenvalue weighted by Gasteiger charge is 2.65. The molecule has 8 heteroatoms. The van der Waals surface area contributed by atoms with Gasteiger partial charge in [-0.25, -0.2) is 14.6 Å². The van der Waals surface area contributed by atoms with Crippen LogP contribution in [0.25, 0.3) is 0 Å². The summed E-state index contributed by atoms with van der Waals surface area (Å²) in [4.78, 5) is 40.4. The summed E-state index contributed by atoms with van der Waals surface area (Å²) in [5.41, 5.74) is -0.107. The summed E-state index contributed by atoms with van der Waals surface area (Å²) >= 11 is 0. The van der Waals surface area contributed by atoms with E-state index in [4.69, 9.17) is 9.47 Å². The zero-order chi connectivity index (χ0) is 27.0. The minimum Gasteiger partial charge on any atom is -0.458 e. The Bertz CT molecular complexity index is 1130. The maximum absolute atomic E-state index is 14.0. The number of alkyl carbamates (subject to hydrolysis) is 1. The Balaban J connectivity index is 1.66. The average Bonchev–Trinajstić information content (AvgIpc) is 3.31. The number of carbonyl (C=O) groups is 3. The number of hydrazine groups is 1. The number of nitrogens with zero attached hydrogens (tertiary/aromatic N) is 2. The van der Waals surface area contributed by atoms with Gasteiger partial charge in [0.05, 0.1) is 12.1 Å². The molecular formula is C29H37N3O5. The molecule has 0 aliphatic carbocycles. The SMILES string of the molecule is CC(C)[C@@H]1[C@@H](NC(=O)OCc2ccccc2)C(=O)N2N1[C@@H](c1ccccc1)C[C@]2(C)C(=O)OC(C)(C)C. The van der Waals surface area contributed by atoms with E-state index in [0.29, 0.717) is 6.42 Å². The Kier molecular flexibility index (Phi) is 7.33. The molecule has 198 valence electrons. The number of benzene rings is 2. The highest BCUT2D eigenvalue weighted by molar-refractivity contribution is 5.94. The summed E-state index contributed by atoms with van der Waals surface area (Å²) in [6.45, 7) is 11.3. The molecule has 0 spiro atoms. The lowest BCUT2D eigenvalue weighted by atomic mass is 9.88. The molecule has 2 aliphatic rings. The largest absolute Gasteiger partial charge is 0.458 e. The molecule has 2 heterocycles. The predicted octanol–water partition coefficient (Wildman–Crippen LogP) is 4.61. The molecule has 2 aliphatic heterocycles. The van der Waals surface area contributed by atoms with E-state index < -0.39 is 29.2 Å². The van der Waals surface area contributed by atoms with E-state index in [1.54, 1.807) is 6.92 Å². The van der Waals surface area contributed by atoms with Gasteiger partial charge in [0.2, 0.25) is 0 Å². The highest BCUT2D eigenvalue weighted by atomic mass is 16.6. The number of ether oxygens (including phenoxy) is 2. The Labute approximate surface area is 218 Å². The Morgan fingerprint density at radius 3 is 2.22 bits per heavy atom. The van der Waals surface area contributed by atoms with Crippen LogP contribution in [0.15, 0.2) is 60.7 Å². The Morgan fingerprint density at radius 1 is 1.05 bits per heavy atom. The number of esters is 1. The quantitative estimate of drug-likeness (QED) is 0.575. The second-order valence-electron chi connectivity index (χ2n) is 11.4. The molecule has 1 N–H and O–H groups in total. The van der Waals surface area contributed by atoms with Gasteiger partial charge in [-0.15, -0.1) is 0 Å². The number of hydrogen-bond donors (Lipinski definition) is 1. The van der Waals surface area contributed by atoms with Crippen LogP contribution in [0.3, 0.4) is 0 Å². The summed E-state index contributed by atoms with van der Waals surface area (Å²) < 4.78 is 11.2. The highest BCUT2D eigenvalue weighted by Crippen LogP contribution is 2.50. The maximum atomic E-state index is 14.0. The second kappa shape index (κ2) is 10.2. The number of fused-ring (bicyclic) bond motifs is 1. The van der Waals surface area contributed by atoms with Gasteiger partial charge in [0, 0.05) is 6.42 Å².